The zero-order valence-corrected chi connectivity index (χ0v) is 23.5. The lowest BCUT2D eigenvalue weighted by molar-refractivity contribution is -0.132. The molecule has 1 aliphatic heterocycles. The Kier molecular flexibility index (Phi) is 9.24. The molecule has 4 rings (SSSR count). The minimum Gasteiger partial charge on any atom is -0.493 e. The molecule has 3 aromatic rings. The van der Waals surface area contributed by atoms with E-state index in [0.29, 0.717) is 48.3 Å². The van der Waals surface area contributed by atoms with Gasteiger partial charge in [0.25, 0.3) is 5.91 Å². The molecule has 9 nitrogen and oxygen atoms in total. The summed E-state index contributed by atoms with van der Waals surface area (Å²) in [5, 5.41) is 9.41. The highest BCUT2D eigenvalue weighted by atomic mass is 35.5. The first-order chi connectivity index (χ1) is 18.8. The molecule has 206 valence electrons. The van der Waals surface area contributed by atoms with Crippen LogP contribution in [0.4, 0.5) is 5.82 Å². The Balaban J connectivity index is 1.36. The maximum Gasteiger partial charge on any atom is 0.254 e. The predicted molar refractivity (Wildman–Crippen MR) is 152 cm³/mol. The molecule has 0 spiro atoms. The second-order valence-corrected chi connectivity index (χ2v) is 9.85. The van der Waals surface area contributed by atoms with Gasteiger partial charge in [0.1, 0.15) is 6.54 Å². The van der Waals surface area contributed by atoms with Crippen LogP contribution in [-0.2, 0) is 4.79 Å². The summed E-state index contributed by atoms with van der Waals surface area (Å²) in [6.45, 7) is 6.35. The van der Waals surface area contributed by atoms with Gasteiger partial charge in [-0.3, -0.25) is 9.59 Å². The molecule has 2 heterocycles. The number of anilines is 1. The average Bonchev–Trinajstić information content (AvgIpc) is 2.99. The molecule has 1 saturated heterocycles. The Labute approximate surface area is 234 Å². The van der Waals surface area contributed by atoms with Crippen molar-refractivity contribution < 1.29 is 19.1 Å². The van der Waals surface area contributed by atoms with Crippen LogP contribution in [0.1, 0.15) is 30.6 Å². The van der Waals surface area contributed by atoms with Gasteiger partial charge in [-0.15, -0.1) is 10.2 Å². The number of rotatable bonds is 9. The second kappa shape index (κ2) is 12.8. The molecule has 1 aromatic heterocycles. The van der Waals surface area contributed by atoms with Crippen LogP contribution in [0.3, 0.4) is 0 Å². The van der Waals surface area contributed by atoms with Crippen molar-refractivity contribution >= 4 is 29.2 Å². The molecular formula is C29H34ClN5O4. The second-order valence-electron chi connectivity index (χ2n) is 9.41. The predicted octanol–water partition coefficient (Wildman–Crippen LogP) is 4.40. The van der Waals surface area contributed by atoms with E-state index in [0.717, 1.165) is 23.5 Å². The number of hydrogen-bond donors (Lipinski definition) is 0. The van der Waals surface area contributed by atoms with Crippen molar-refractivity contribution in [2.75, 3.05) is 51.8 Å². The number of amides is 2. The van der Waals surface area contributed by atoms with E-state index in [1.165, 1.54) is 0 Å². The maximum absolute atomic E-state index is 13.2. The minimum absolute atomic E-state index is 0.0380. The van der Waals surface area contributed by atoms with Crippen LogP contribution in [-0.4, -0.2) is 84.8 Å². The number of piperazine rings is 1. The summed E-state index contributed by atoms with van der Waals surface area (Å²) < 4.78 is 10.7. The van der Waals surface area contributed by atoms with Crippen molar-refractivity contribution in [2.24, 2.45) is 0 Å². The fraction of sp³-hybridized carbons (Fsp3) is 0.379. The van der Waals surface area contributed by atoms with Crippen LogP contribution < -0.4 is 14.4 Å². The fourth-order valence-electron chi connectivity index (χ4n) is 4.48. The van der Waals surface area contributed by atoms with Gasteiger partial charge in [0.2, 0.25) is 5.91 Å². The number of methoxy groups -OCH3 is 2. The third-order valence-corrected chi connectivity index (χ3v) is 7.32. The number of benzene rings is 2. The van der Waals surface area contributed by atoms with E-state index in [1.54, 1.807) is 43.4 Å². The third-order valence-electron chi connectivity index (χ3n) is 7.07. The number of aromatic nitrogens is 2. The van der Waals surface area contributed by atoms with Crippen LogP contribution in [0.2, 0.25) is 5.02 Å². The van der Waals surface area contributed by atoms with Crippen molar-refractivity contribution in [2.45, 2.75) is 26.3 Å². The summed E-state index contributed by atoms with van der Waals surface area (Å²) >= 11 is 5.98. The SMILES string of the molecule is CC[C@@H](C)N(CC(=O)N1CCN(c2ccc(-c3ccc(OC)c(OC)c3)nn2)CC1)C(=O)c1ccc(Cl)cc1. The number of carbonyl (C=O) groups excluding carboxylic acids is 2. The van der Waals surface area contributed by atoms with Gasteiger partial charge in [0.15, 0.2) is 17.3 Å². The Morgan fingerprint density at radius 1 is 0.949 bits per heavy atom. The van der Waals surface area contributed by atoms with Crippen molar-refractivity contribution in [3.63, 3.8) is 0 Å². The molecule has 0 N–H and O–H groups in total. The normalized spacial score (nSPS) is 14.1. The first-order valence-electron chi connectivity index (χ1n) is 13.0. The lowest BCUT2D eigenvalue weighted by Gasteiger charge is -2.37. The van der Waals surface area contributed by atoms with Gasteiger partial charge in [-0.25, -0.2) is 0 Å². The average molecular weight is 552 g/mol. The first kappa shape index (κ1) is 28.2. The highest BCUT2D eigenvalue weighted by molar-refractivity contribution is 6.30. The van der Waals surface area contributed by atoms with Gasteiger partial charge in [-0.05, 0) is 67.9 Å². The van der Waals surface area contributed by atoms with E-state index < -0.39 is 0 Å². The molecule has 0 saturated carbocycles. The molecule has 1 fully saturated rings. The Morgan fingerprint density at radius 2 is 1.64 bits per heavy atom. The van der Waals surface area contributed by atoms with Gasteiger partial charge >= 0.3 is 0 Å². The number of carbonyl (C=O) groups is 2. The number of nitrogens with zero attached hydrogens (tertiary/aromatic N) is 5. The van der Waals surface area contributed by atoms with Gasteiger partial charge < -0.3 is 24.2 Å². The smallest absolute Gasteiger partial charge is 0.254 e. The lowest BCUT2D eigenvalue weighted by atomic mass is 10.1. The molecular weight excluding hydrogens is 518 g/mol. The quantitative estimate of drug-likeness (QED) is 0.389. The molecule has 0 aliphatic carbocycles. The number of hydrogen-bond acceptors (Lipinski definition) is 7. The number of ether oxygens (including phenoxy) is 2. The van der Waals surface area contributed by atoms with E-state index in [4.69, 9.17) is 21.1 Å². The van der Waals surface area contributed by atoms with Crippen molar-refractivity contribution in [1.29, 1.82) is 0 Å². The van der Waals surface area contributed by atoms with Crippen molar-refractivity contribution in [3.8, 4) is 22.8 Å². The number of halogens is 1. The monoisotopic (exact) mass is 551 g/mol. The van der Waals surface area contributed by atoms with E-state index in [2.05, 4.69) is 15.1 Å². The topological polar surface area (TPSA) is 88.1 Å². The highest BCUT2D eigenvalue weighted by Gasteiger charge is 2.28. The van der Waals surface area contributed by atoms with E-state index in [9.17, 15) is 9.59 Å². The fourth-order valence-corrected chi connectivity index (χ4v) is 4.61. The Morgan fingerprint density at radius 3 is 2.23 bits per heavy atom. The zero-order chi connectivity index (χ0) is 27.9. The summed E-state index contributed by atoms with van der Waals surface area (Å²) in [7, 11) is 3.20. The molecule has 10 heteroatoms. The van der Waals surface area contributed by atoms with Crippen molar-refractivity contribution in [1.82, 2.24) is 20.0 Å². The molecule has 2 aromatic carbocycles. The van der Waals surface area contributed by atoms with Gasteiger partial charge in [-0.1, -0.05) is 18.5 Å². The molecule has 0 radical (unpaired) electrons. The standard InChI is InChI=1S/C29H34ClN5O4/c1-5-20(2)35(29(37)21-6-9-23(30)10-7-21)19-28(36)34-16-14-33(15-17-34)27-13-11-24(31-32-27)22-8-12-25(38-3)26(18-22)39-4/h6-13,18,20H,5,14-17,19H2,1-4H3/t20-/m1/s1. The largest absolute Gasteiger partial charge is 0.493 e. The molecule has 0 bridgehead atoms. The van der Waals surface area contributed by atoms with Crippen molar-refractivity contribution in [3.05, 3.63) is 65.2 Å². The molecule has 1 aliphatic rings. The summed E-state index contributed by atoms with van der Waals surface area (Å²) in [6.07, 6.45) is 0.748. The highest BCUT2D eigenvalue weighted by Crippen LogP contribution is 2.31. The van der Waals surface area contributed by atoms with E-state index in [-0.39, 0.29) is 24.4 Å². The van der Waals surface area contributed by atoms with Gasteiger partial charge in [0.05, 0.1) is 19.9 Å². The van der Waals surface area contributed by atoms with Crippen LogP contribution in [0.5, 0.6) is 11.5 Å². The first-order valence-corrected chi connectivity index (χ1v) is 13.4. The summed E-state index contributed by atoms with van der Waals surface area (Å²) in [6, 6.07) is 16.2. The minimum atomic E-state index is -0.169. The maximum atomic E-state index is 13.2. The summed E-state index contributed by atoms with van der Waals surface area (Å²) in [4.78, 5) is 32.0. The molecule has 2 amide bonds. The third kappa shape index (κ3) is 6.60. The van der Waals surface area contributed by atoms with Gasteiger partial charge in [0, 0.05) is 48.4 Å². The van der Waals surface area contributed by atoms with Crippen LogP contribution >= 0.6 is 11.6 Å². The van der Waals surface area contributed by atoms with Crippen LogP contribution in [0.15, 0.2) is 54.6 Å². The van der Waals surface area contributed by atoms with Gasteiger partial charge in [-0.2, -0.15) is 0 Å². The van der Waals surface area contributed by atoms with E-state index in [1.807, 2.05) is 49.1 Å². The summed E-state index contributed by atoms with van der Waals surface area (Å²) in [5.74, 6) is 1.80. The zero-order valence-electron chi connectivity index (χ0n) is 22.8. The summed E-state index contributed by atoms with van der Waals surface area (Å²) in [5.41, 5.74) is 2.12. The molecule has 39 heavy (non-hydrogen) atoms. The van der Waals surface area contributed by atoms with Crippen LogP contribution in [0.25, 0.3) is 11.3 Å². The molecule has 1 atom stereocenters. The van der Waals surface area contributed by atoms with E-state index >= 15 is 0 Å². The Bertz CT molecular complexity index is 1280. The Hall–Kier alpha value is -3.85. The molecule has 0 unspecified atom stereocenters. The van der Waals surface area contributed by atoms with Crippen LogP contribution in [0, 0.1) is 0 Å². The lowest BCUT2D eigenvalue weighted by Crippen LogP contribution is -2.53.